The van der Waals surface area contributed by atoms with Crippen LogP contribution in [-0.4, -0.2) is 36.1 Å². The molecule has 1 aliphatic heterocycles. The van der Waals surface area contributed by atoms with E-state index in [0.717, 1.165) is 16.9 Å². The molecule has 2 atom stereocenters. The summed E-state index contributed by atoms with van der Waals surface area (Å²) in [5, 5.41) is 4.59. The Morgan fingerprint density at radius 1 is 1.42 bits per heavy atom. The average Bonchev–Trinajstić information content (AvgIpc) is 3.17. The Kier molecular flexibility index (Phi) is 4.42. The summed E-state index contributed by atoms with van der Waals surface area (Å²) in [6.45, 7) is 2.30. The summed E-state index contributed by atoms with van der Waals surface area (Å²) < 4.78 is 0.818. The first-order valence-electron chi connectivity index (χ1n) is 7.31. The molecule has 2 fully saturated rings. The fraction of sp³-hybridized carbons (Fsp3) is 0.786. The van der Waals surface area contributed by atoms with Crippen molar-refractivity contribution in [3.63, 3.8) is 0 Å². The molecule has 1 N–H and O–H groups in total. The largest absolute Gasteiger partial charge is 0.319 e. The minimum Gasteiger partial charge on any atom is -0.319 e. The van der Waals surface area contributed by atoms with Gasteiger partial charge in [0.1, 0.15) is 9.34 Å². The van der Waals surface area contributed by atoms with Gasteiger partial charge in [0.25, 0.3) is 0 Å². The van der Waals surface area contributed by atoms with Crippen molar-refractivity contribution in [3.8, 4) is 0 Å². The van der Waals surface area contributed by atoms with E-state index in [1.54, 1.807) is 11.3 Å². The third-order valence-corrected chi connectivity index (χ3v) is 5.46. The Bertz CT molecular complexity index is 419. The fourth-order valence-corrected chi connectivity index (χ4v) is 4.45. The highest BCUT2D eigenvalue weighted by molar-refractivity contribution is 7.15. The zero-order valence-electron chi connectivity index (χ0n) is 11.4. The van der Waals surface area contributed by atoms with Crippen molar-refractivity contribution in [2.24, 2.45) is 5.92 Å². The molecule has 19 heavy (non-hydrogen) atoms. The summed E-state index contributed by atoms with van der Waals surface area (Å²) in [5.74, 6) is 0.662. The van der Waals surface area contributed by atoms with Crippen LogP contribution in [0, 0.1) is 5.92 Å². The van der Waals surface area contributed by atoms with Gasteiger partial charge in [-0.1, -0.05) is 18.0 Å². The maximum atomic E-state index is 6.11. The van der Waals surface area contributed by atoms with Crippen LogP contribution in [0.2, 0.25) is 4.34 Å². The number of hydrogen-bond donors (Lipinski definition) is 1. The molecule has 1 aliphatic carbocycles. The fourth-order valence-electron chi connectivity index (χ4n) is 3.31. The predicted molar refractivity (Wildman–Crippen MR) is 80.9 cm³/mol. The van der Waals surface area contributed by atoms with E-state index >= 15 is 0 Å². The lowest BCUT2D eigenvalue weighted by Gasteiger charge is -2.33. The minimum absolute atomic E-state index is 0.472. The van der Waals surface area contributed by atoms with E-state index in [-0.39, 0.29) is 0 Å². The van der Waals surface area contributed by atoms with Crippen molar-refractivity contribution in [2.45, 2.75) is 44.2 Å². The first-order chi connectivity index (χ1) is 9.29. The molecule has 3 rings (SSSR count). The van der Waals surface area contributed by atoms with Crippen molar-refractivity contribution >= 4 is 22.9 Å². The number of nitrogens with one attached hydrogen (secondary N) is 1. The molecular weight excluding hydrogens is 278 g/mol. The van der Waals surface area contributed by atoms with E-state index in [1.807, 2.05) is 6.20 Å². The summed E-state index contributed by atoms with van der Waals surface area (Å²) in [6, 6.07) is 1.27. The Morgan fingerprint density at radius 3 is 2.89 bits per heavy atom. The predicted octanol–water partition coefficient (Wildman–Crippen LogP) is 3.32. The van der Waals surface area contributed by atoms with E-state index in [0.29, 0.717) is 12.0 Å². The van der Waals surface area contributed by atoms with Crippen LogP contribution in [0.25, 0.3) is 0 Å². The molecule has 0 spiro atoms. The Labute approximate surface area is 124 Å². The van der Waals surface area contributed by atoms with Gasteiger partial charge in [0.2, 0.25) is 0 Å². The summed E-state index contributed by atoms with van der Waals surface area (Å²) in [5.41, 5.74) is 0. The van der Waals surface area contributed by atoms with Gasteiger partial charge in [-0.2, -0.15) is 0 Å². The van der Waals surface area contributed by atoms with Gasteiger partial charge in [-0.05, 0) is 51.7 Å². The molecule has 1 aromatic rings. The zero-order valence-corrected chi connectivity index (χ0v) is 13.0. The average molecular weight is 300 g/mol. The number of halogens is 1. The van der Waals surface area contributed by atoms with Crippen LogP contribution in [0.1, 0.15) is 43.2 Å². The molecule has 2 unspecified atom stereocenters. The van der Waals surface area contributed by atoms with E-state index in [2.05, 4.69) is 22.2 Å². The standard InChI is InChI=1S/C14H22ClN3S/c1-16-8-10-4-2-3-7-18(11-5-6-11)13(10)14-17-9-12(15)19-14/h9-11,13,16H,2-8H2,1H3. The molecule has 1 saturated heterocycles. The number of hydrogen-bond acceptors (Lipinski definition) is 4. The summed E-state index contributed by atoms with van der Waals surface area (Å²) in [7, 11) is 2.05. The van der Waals surface area contributed by atoms with Crippen LogP contribution >= 0.6 is 22.9 Å². The van der Waals surface area contributed by atoms with Gasteiger partial charge in [0.05, 0.1) is 12.2 Å². The highest BCUT2D eigenvalue weighted by Gasteiger charge is 2.40. The normalized spacial score (nSPS) is 29.4. The molecule has 1 aromatic heterocycles. The SMILES string of the molecule is CNCC1CCCCN(C2CC2)C1c1ncc(Cl)s1. The monoisotopic (exact) mass is 299 g/mol. The first-order valence-corrected chi connectivity index (χ1v) is 8.50. The summed E-state index contributed by atoms with van der Waals surface area (Å²) in [4.78, 5) is 7.30. The van der Waals surface area contributed by atoms with E-state index in [9.17, 15) is 0 Å². The van der Waals surface area contributed by atoms with Crippen molar-refractivity contribution in [3.05, 3.63) is 15.5 Å². The van der Waals surface area contributed by atoms with Crippen molar-refractivity contribution in [2.75, 3.05) is 20.1 Å². The quantitative estimate of drug-likeness (QED) is 0.924. The molecule has 3 nitrogen and oxygen atoms in total. The molecule has 1 saturated carbocycles. The Hall–Kier alpha value is -0.160. The maximum absolute atomic E-state index is 6.11. The lowest BCUT2D eigenvalue weighted by molar-refractivity contribution is 0.145. The van der Waals surface area contributed by atoms with Crippen molar-refractivity contribution < 1.29 is 0 Å². The summed E-state index contributed by atoms with van der Waals surface area (Å²) in [6.07, 6.45) is 8.50. The second-order valence-electron chi connectivity index (χ2n) is 5.73. The van der Waals surface area contributed by atoms with E-state index < -0.39 is 0 Å². The van der Waals surface area contributed by atoms with Gasteiger partial charge in [0, 0.05) is 6.04 Å². The molecule has 0 amide bonds. The highest BCUT2D eigenvalue weighted by atomic mass is 35.5. The number of aromatic nitrogens is 1. The van der Waals surface area contributed by atoms with E-state index in [1.165, 1.54) is 43.7 Å². The van der Waals surface area contributed by atoms with Crippen molar-refractivity contribution in [1.29, 1.82) is 0 Å². The molecule has 2 aliphatic rings. The molecule has 0 aromatic carbocycles. The van der Waals surface area contributed by atoms with Gasteiger partial charge < -0.3 is 5.32 Å². The lowest BCUT2D eigenvalue weighted by Crippen LogP contribution is -2.37. The molecular formula is C14H22ClN3S. The summed E-state index contributed by atoms with van der Waals surface area (Å²) >= 11 is 7.78. The first kappa shape index (κ1) is 13.8. The third-order valence-electron chi connectivity index (χ3n) is 4.28. The van der Waals surface area contributed by atoms with Gasteiger partial charge in [0.15, 0.2) is 0 Å². The number of nitrogens with zero attached hydrogens (tertiary/aromatic N) is 2. The minimum atomic E-state index is 0.472. The second-order valence-corrected chi connectivity index (χ2v) is 7.42. The molecule has 0 radical (unpaired) electrons. The second kappa shape index (κ2) is 6.08. The van der Waals surface area contributed by atoms with Crippen LogP contribution in [0.3, 0.4) is 0 Å². The van der Waals surface area contributed by atoms with Crippen LogP contribution in [0.5, 0.6) is 0 Å². The lowest BCUT2D eigenvalue weighted by atomic mass is 9.94. The van der Waals surface area contributed by atoms with Crippen LogP contribution in [-0.2, 0) is 0 Å². The molecule has 0 bridgehead atoms. The van der Waals surface area contributed by atoms with E-state index in [4.69, 9.17) is 11.6 Å². The Morgan fingerprint density at radius 2 is 2.26 bits per heavy atom. The third kappa shape index (κ3) is 3.13. The number of likely N-dealkylation sites (tertiary alicyclic amines) is 1. The van der Waals surface area contributed by atoms with Gasteiger partial charge in [-0.25, -0.2) is 4.98 Å². The van der Waals surface area contributed by atoms with Crippen LogP contribution < -0.4 is 5.32 Å². The smallest absolute Gasteiger partial charge is 0.113 e. The number of thiazole rings is 1. The van der Waals surface area contributed by atoms with Gasteiger partial charge in [-0.3, -0.25) is 4.90 Å². The van der Waals surface area contributed by atoms with Gasteiger partial charge in [-0.15, -0.1) is 11.3 Å². The topological polar surface area (TPSA) is 28.2 Å². The molecule has 2 heterocycles. The molecule has 5 heteroatoms. The van der Waals surface area contributed by atoms with Crippen molar-refractivity contribution in [1.82, 2.24) is 15.2 Å². The van der Waals surface area contributed by atoms with Crippen LogP contribution in [0.15, 0.2) is 6.20 Å². The number of rotatable bonds is 4. The molecule has 106 valence electrons. The maximum Gasteiger partial charge on any atom is 0.113 e. The zero-order chi connectivity index (χ0) is 13.2. The highest BCUT2D eigenvalue weighted by Crippen LogP contribution is 2.43. The van der Waals surface area contributed by atoms with Gasteiger partial charge >= 0.3 is 0 Å². The van der Waals surface area contributed by atoms with Crippen LogP contribution in [0.4, 0.5) is 0 Å². The Balaban J connectivity index is 1.88.